The molecule has 0 aromatic heterocycles. The van der Waals surface area contributed by atoms with Gasteiger partial charge in [0.1, 0.15) is 24.7 Å². The Balaban J connectivity index is 1.65. The first kappa shape index (κ1) is 17.5. The van der Waals surface area contributed by atoms with E-state index in [-0.39, 0.29) is 11.8 Å². The highest BCUT2D eigenvalue weighted by Gasteiger charge is 2.50. The van der Waals surface area contributed by atoms with E-state index < -0.39 is 36.5 Å². The van der Waals surface area contributed by atoms with Gasteiger partial charge in [0.05, 0.1) is 0 Å². The van der Waals surface area contributed by atoms with Crippen LogP contribution in [0.3, 0.4) is 0 Å². The zero-order chi connectivity index (χ0) is 16.6. The highest BCUT2D eigenvalue weighted by atomic mass is 19.2. The molecule has 8 unspecified atom stereocenters. The van der Waals surface area contributed by atoms with Crippen molar-refractivity contribution in [3.05, 3.63) is 0 Å². The Kier molecular flexibility index (Phi) is 5.57. The van der Waals surface area contributed by atoms with Gasteiger partial charge in [0, 0.05) is 0 Å². The highest BCUT2D eigenvalue weighted by Crippen LogP contribution is 2.48. The van der Waals surface area contributed by atoms with Gasteiger partial charge in [-0.3, -0.25) is 0 Å². The van der Waals surface area contributed by atoms with Gasteiger partial charge in [0.15, 0.2) is 0 Å². The zero-order valence-corrected chi connectivity index (χ0v) is 14.1. The number of alkyl halides is 4. The molecule has 0 aliphatic heterocycles. The lowest BCUT2D eigenvalue weighted by atomic mass is 9.63. The van der Waals surface area contributed by atoms with Gasteiger partial charge in [-0.2, -0.15) is 0 Å². The van der Waals surface area contributed by atoms with E-state index in [0.717, 1.165) is 25.7 Å². The van der Waals surface area contributed by atoms with Gasteiger partial charge in [-0.25, -0.2) is 17.6 Å². The molecule has 3 rings (SSSR count). The molecule has 0 spiro atoms. The SMILES string of the molecule is CC1CCC(C2CCC(C3CCCCC3)C(F)C2F)C(F)C1F. The maximum atomic E-state index is 14.8. The molecule has 4 heteroatoms. The van der Waals surface area contributed by atoms with Crippen LogP contribution in [-0.2, 0) is 0 Å². The molecule has 0 radical (unpaired) electrons. The summed E-state index contributed by atoms with van der Waals surface area (Å²) in [4.78, 5) is 0. The molecular formula is C19H30F4. The average molecular weight is 334 g/mol. The standard InChI is InChI=1S/C19H30F4/c1-11-7-8-14(18(22)16(11)20)15-10-9-13(17(21)19(15)23)12-5-3-2-4-6-12/h11-19H,2-10H2,1H3. The minimum Gasteiger partial charge on any atom is -0.244 e. The lowest BCUT2D eigenvalue weighted by Gasteiger charge is -2.45. The molecule has 3 aliphatic rings. The van der Waals surface area contributed by atoms with E-state index in [1.54, 1.807) is 6.92 Å². The van der Waals surface area contributed by atoms with Crippen molar-refractivity contribution in [1.82, 2.24) is 0 Å². The van der Waals surface area contributed by atoms with Crippen LogP contribution in [0, 0.1) is 29.6 Å². The van der Waals surface area contributed by atoms with Gasteiger partial charge >= 0.3 is 0 Å². The van der Waals surface area contributed by atoms with Crippen LogP contribution in [-0.4, -0.2) is 24.7 Å². The molecule has 0 amide bonds. The van der Waals surface area contributed by atoms with Gasteiger partial charge in [-0.1, -0.05) is 39.0 Å². The van der Waals surface area contributed by atoms with E-state index in [9.17, 15) is 17.6 Å². The van der Waals surface area contributed by atoms with E-state index in [2.05, 4.69) is 0 Å². The van der Waals surface area contributed by atoms with Crippen LogP contribution in [0.1, 0.15) is 64.7 Å². The van der Waals surface area contributed by atoms with Crippen LogP contribution in [0.2, 0.25) is 0 Å². The fourth-order valence-electron chi connectivity index (χ4n) is 5.46. The van der Waals surface area contributed by atoms with E-state index in [1.165, 1.54) is 6.42 Å². The van der Waals surface area contributed by atoms with Gasteiger partial charge in [0.25, 0.3) is 0 Å². The summed E-state index contributed by atoms with van der Waals surface area (Å²) < 4.78 is 57.8. The second-order valence-corrected chi connectivity index (χ2v) is 8.30. The molecule has 134 valence electrons. The van der Waals surface area contributed by atoms with Crippen LogP contribution < -0.4 is 0 Å². The molecule has 0 bridgehead atoms. The summed E-state index contributed by atoms with van der Waals surface area (Å²) in [6.07, 6.45) is 1.44. The fourth-order valence-corrected chi connectivity index (χ4v) is 5.46. The minimum atomic E-state index is -1.62. The summed E-state index contributed by atoms with van der Waals surface area (Å²) in [5, 5.41) is 0. The molecule has 3 fully saturated rings. The molecule has 0 aromatic carbocycles. The predicted molar refractivity (Wildman–Crippen MR) is 84.3 cm³/mol. The van der Waals surface area contributed by atoms with Crippen molar-refractivity contribution in [2.45, 2.75) is 89.4 Å². The molecule has 8 atom stereocenters. The molecule has 0 saturated heterocycles. The molecule has 3 aliphatic carbocycles. The Morgan fingerprint density at radius 3 is 1.65 bits per heavy atom. The first-order chi connectivity index (χ1) is 11.0. The van der Waals surface area contributed by atoms with Gasteiger partial charge < -0.3 is 0 Å². The Bertz CT molecular complexity index is 382. The summed E-state index contributed by atoms with van der Waals surface area (Å²) in [5.41, 5.74) is 0. The van der Waals surface area contributed by atoms with Crippen molar-refractivity contribution in [3.63, 3.8) is 0 Å². The number of halogens is 4. The van der Waals surface area contributed by atoms with E-state index in [4.69, 9.17) is 0 Å². The Labute approximate surface area is 137 Å². The first-order valence-corrected chi connectivity index (χ1v) is 9.57. The van der Waals surface area contributed by atoms with E-state index in [0.29, 0.717) is 31.6 Å². The van der Waals surface area contributed by atoms with Crippen LogP contribution in [0.5, 0.6) is 0 Å². The summed E-state index contributed by atoms with van der Waals surface area (Å²) in [7, 11) is 0. The molecule has 3 saturated carbocycles. The van der Waals surface area contributed by atoms with Gasteiger partial charge in [-0.15, -0.1) is 0 Å². The van der Waals surface area contributed by atoms with E-state index >= 15 is 0 Å². The lowest BCUT2D eigenvalue weighted by Crippen LogP contribution is -2.49. The molecule has 0 heterocycles. The summed E-state index contributed by atoms with van der Waals surface area (Å²) in [6, 6.07) is 0. The summed E-state index contributed by atoms with van der Waals surface area (Å²) in [6.45, 7) is 1.71. The molecule has 23 heavy (non-hydrogen) atoms. The molecule has 0 nitrogen and oxygen atoms in total. The quantitative estimate of drug-likeness (QED) is 0.544. The minimum absolute atomic E-state index is 0.205. The highest BCUT2D eigenvalue weighted by molar-refractivity contribution is 4.98. The molecule has 0 aromatic rings. The van der Waals surface area contributed by atoms with E-state index in [1.807, 2.05) is 0 Å². The normalized spacial score (nSPS) is 50.0. The second-order valence-electron chi connectivity index (χ2n) is 8.30. The fraction of sp³-hybridized carbons (Fsp3) is 1.00. The van der Waals surface area contributed by atoms with Crippen LogP contribution in [0.15, 0.2) is 0 Å². The molecular weight excluding hydrogens is 304 g/mol. The largest absolute Gasteiger partial charge is 0.244 e. The Morgan fingerprint density at radius 1 is 0.522 bits per heavy atom. The van der Waals surface area contributed by atoms with Gasteiger partial charge in [-0.05, 0) is 55.3 Å². The Morgan fingerprint density at radius 2 is 1.00 bits per heavy atom. The lowest BCUT2D eigenvalue weighted by molar-refractivity contribution is -0.0699. The first-order valence-electron chi connectivity index (χ1n) is 9.57. The average Bonchev–Trinajstić information content (AvgIpc) is 2.57. The topological polar surface area (TPSA) is 0 Å². The molecule has 0 N–H and O–H groups in total. The third-order valence-electron chi connectivity index (χ3n) is 6.97. The smallest absolute Gasteiger partial charge is 0.135 e. The third-order valence-corrected chi connectivity index (χ3v) is 6.97. The summed E-state index contributed by atoms with van der Waals surface area (Å²) in [5.74, 6) is -1.49. The van der Waals surface area contributed by atoms with Gasteiger partial charge in [0.2, 0.25) is 0 Å². The summed E-state index contributed by atoms with van der Waals surface area (Å²) >= 11 is 0. The maximum absolute atomic E-state index is 14.8. The van der Waals surface area contributed by atoms with Crippen LogP contribution in [0.4, 0.5) is 17.6 Å². The number of hydrogen-bond donors (Lipinski definition) is 0. The van der Waals surface area contributed by atoms with Crippen molar-refractivity contribution in [3.8, 4) is 0 Å². The predicted octanol–water partition coefficient (Wildman–Crippen LogP) is 5.99. The third kappa shape index (κ3) is 3.42. The Hall–Kier alpha value is -0.280. The van der Waals surface area contributed by atoms with Crippen molar-refractivity contribution < 1.29 is 17.6 Å². The maximum Gasteiger partial charge on any atom is 0.135 e. The second kappa shape index (κ2) is 7.31. The van der Waals surface area contributed by atoms with Crippen molar-refractivity contribution >= 4 is 0 Å². The number of rotatable bonds is 2. The van der Waals surface area contributed by atoms with Crippen molar-refractivity contribution in [1.29, 1.82) is 0 Å². The van der Waals surface area contributed by atoms with Crippen molar-refractivity contribution in [2.75, 3.05) is 0 Å². The number of hydrogen-bond acceptors (Lipinski definition) is 0. The van der Waals surface area contributed by atoms with Crippen LogP contribution in [0.25, 0.3) is 0 Å². The van der Waals surface area contributed by atoms with Crippen LogP contribution >= 0.6 is 0 Å². The van der Waals surface area contributed by atoms with Crippen molar-refractivity contribution in [2.24, 2.45) is 29.6 Å². The monoisotopic (exact) mass is 334 g/mol. The zero-order valence-electron chi connectivity index (χ0n) is 14.1.